The molecule has 4 heterocycles. The van der Waals surface area contributed by atoms with Crippen LogP contribution >= 0.6 is 22.7 Å². The molecule has 45 heavy (non-hydrogen) atoms. The molecular formula is C33H46N6O4S2. The largest absolute Gasteiger partial charge is 0.444 e. The Morgan fingerprint density at radius 2 is 1.64 bits per heavy atom. The molecule has 0 unspecified atom stereocenters. The number of fused-ring (bicyclic) bond motifs is 2. The van der Waals surface area contributed by atoms with Gasteiger partial charge in [0.1, 0.15) is 15.6 Å². The third-order valence-corrected chi connectivity index (χ3v) is 10.6. The average Bonchev–Trinajstić information content (AvgIpc) is 3.73. The monoisotopic (exact) mass is 654 g/mol. The van der Waals surface area contributed by atoms with Gasteiger partial charge in [-0.3, -0.25) is 15.0 Å². The molecule has 3 aromatic rings. The van der Waals surface area contributed by atoms with Crippen molar-refractivity contribution in [2.45, 2.75) is 91.3 Å². The van der Waals surface area contributed by atoms with Crippen LogP contribution in [-0.4, -0.2) is 59.3 Å². The predicted octanol–water partition coefficient (Wildman–Crippen LogP) is 6.21. The first-order valence-electron chi connectivity index (χ1n) is 16.1. The predicted molar refractivity (Wildman–Crippen MR) is 181 cm³/mol. The van der Waals surface area contributed by atoms with Gasteiger partial charge in [0, 0.05) is 60.4 Å². The van der Waals surface area contributed by atoms with Gasteiger partial charge in [-0.1, -0.05) is 6.92 Å². The summed E-state index contributed by atoms with van der Waals surface area (Å²) in [6, 6.07) is 3.74. The molecule has 1 aliphatic heterocycles. The van der Waals surface area contributed by atoms with Gasteiger partial charge in [-0.25, -0.2) is 9.59 Å². The van der Waals surface area contributed by atoms with E-state index in [9.17, 15) is 14.4 Å². The summed E-state index contributed by atoms with van der Waals surface area (Å²) in [5.74, 6) is -0.160. The number of aryl methyl sites for hydroxylation is 1. The molecule has 0 aromatic carbocycles. The number of alkyl carbamates (subject to hydrolysis) is 1. The first-order valence-corrected chi connectivity index (χ1v) is 17.7. The Balaban J connectivity index is 1.20. The Bertz CT molecular complexity index is 1490. The van der Waals surface area contributed by atoms with Crippen molar-refractivity contribution in [1.82, 2.24) is 25.4 Å². The van der Waals surface area contributed by atoms with Gasteiger partial charge in [0.2, 0.25) is 0 Å². The van der Waals surface area contributed by atoms with Gasteiger partial charge in [-0.15, -0.1) is 22.7 Å². The van der Waals surface area contributed by atoms with E-state index in [0.717, 1.165) is 62.3 Å². The van der Waals surface area contributed by atoms with E-state index in [0.29, 0.717) is 43.0 Å². The molecule has 0 saturated heterocycles. The minimum atomic E-state index is -0.535. The summed E-state index contributed by atoms with van der Waals surface area (Å²) in [5.41, 5.74) is 3.64. The lowest BCUT2D eigenvalue weighted by Crippen LogP contribution is -2.33. The number of ether oxygens (including phenoxy) is 1. The van der Waals surface area contributed by atoms with Gasteiger partial charge >= 0.3 is 12.1 Å². The lowest BCUT2D eigenvalue weighted by molar-refractivity contribution is 0.0526. The highest BCUT2D eigenvalue weighted by molar-refractivity contribution is 7.17. The summed E-state index contributed by atoms with van der Waals surface area (Å²) in [7, 11) is 0. The van der Waals surface area contributed by atoms with E-state index < -0.39 is 11.7 Å². The van der Waals surface area contributed by atoms with Gasteiger partial charge in [0.05, 0.1) is 5.56 Å². The zero-order valence-corrected chi connectivity index (χ0v) is 28.5. The highest BCUT2D eigenvalue weighted by atomic mass is 32.1. The standard InChI is InChI=1S/C33H46N6O4S2/c1-5-38-19-14-22-24(30(45-26(22)21-38)39-17-10-11-18-39)20-36-31(41)37-29-27(23-12-6-7-13-25(23)44-29)28(40)34-15-8-9-16-35-32(42)43-33(2,3)4/h10-11,17-18H,5-9,12-16,19-21H2,1-4H3,(H,34,40)(H,35,42)(H2,36,37,41). The summed E-state index contributed by atoms with van der Waals surface area (Å²) in [5, 5.41) is 13.7. The van der Waals surface area contributed by atoms with Crippen LogP contribution in [0.1, 0.15) is 90.2 Å². The molecule has 244 valence electrons. The van der Waals surface area contributed by atoms with Crippen molar-refractivity contribution in [3.8, 4) is 5.00 Å². The third kappa shape index (κ3) is 8.47. The number of thiophene rings is 2. The zero-order valence-electron chi connectivity index (χ0n) is 26.8. The van der Waals surface area contributed by atoms with Gasteiger partial charge in [0.15, 0.2) is 0 Å². The van der Waals surface area contributed by atoms with Crippen LogP contribution in [0.4, 0.5) is 14.6 Å². The van der Waals surface area contributed by atoms with Crippen molar-refractivity contribution in [1.29, 1.82) is 0 Å². The maximum absolute atomic E-state index is 13.4. The van der Waals surface area contributed by atoms with Crippen LogP contribution in [0.15, 0.2) is 24.5 Å². The fourth-order valence-electron chi connectivity index (χ4n) is 5.89. The number of likely N-dealkylation sites (N-methyl/N-ethyl adjacent to an activating group) is 1. The SMILES string of the molecule is CCN1CCc2c(sc(-n3cccc3)c2CNC(=O)Nc2sc3c(c2C(=O)NCCCCNC(=O)OC(C)(C)C)CCCC3)C1. The van der Waals surface area contributed by atoms with Crippen LogP contribution in [0, 0.1) is 0 Å². The third-order valence-electron chi connectivity index (χ3n) is 8.12. The lowest BCUT2D eigenvalue weighted by Gasteiger charge is -2.25. The molecule has 0 atom stereocenters. The van der Waals surface area contributed by atoms with E-state index in [1.54, 1.807) is 11.3 Å². The minimum absolute atomic E-state index is 0.160. The average molecular weight is 655 g/mol. The van der Waals surface area contributed by atoms with E-state index >= 15 is 0 Å². The molecule has 0 radical (unpaired) electrons. The minimum Gasteiger partial charge on any atom is -0.444 e. The molecule has 5 rings (SSSR count). The van der Waals surface area contributed by atoms with E-state index in [2.05, 4.69) is 50.1 Å². The fourth-order valence-corrected chi connectivity index (χ4v) is 8.55. The van der Waals surface area contributed by atoms with Gasteiger partial charge in [-0.2, -0.15) is 0 Å². The van der Waals surface area contributed by atoms with E-state index in [1.165, 1.54) is 32.2 Å². The molecule has 3 aromatic heterocycles. The molecule has 4 amide bonds. The lowest BCUT2D eigenvalue weighted by atomic mass is 9.95. The molecule has 2 aliphatic rings. The molecule has 10 nitrogen and oxygen atoms in total. The second kappa shape index (κ2) is 14.8. The summed E-state index contributed by atoms with van der Waals surface area (Å²) in [4.78, 5) is 43.6. The smallest absolute Gasteiger partial charge is 0.407 e. The van der Waals surface area contributed by atoms with Crippen LogP contribution in [-0.2, 0) is 37.1 Å². The van der Waals surface area contributed by atoms with Gasteiger partial charge < -0.3 is 25.3 Å². The van der Waals surface area contributed by atoms with Crippen LogP contribution in [0.2, 0.25) is 0 Å². The van der Waals surface area contributed by atoms with E-state index in [4.69, 9.17) is 4.74 Å². The van der Waals surface area contributed by atoms with Crippen LogP contribution in [0.25, 0.3) is 5.00 Å². The molecule has 12 heteroatoms. The molecule has 4 N–H and O–H groups in total. The number of nitrogens with zero attached hydrogens (tertiary/aromatic N) is 2. The number of amides is 4. The number of rotatable bonds is 11. The first-order chi connectivity index (χ1) is 21.6. The normalized spacial score (nSPS) is 14.8. The number of anilines is 1. The molecule has 0 spiro atoms. The number of carbonyl (C=O) groups is 3. The summed E-state index contributed by atoms with van der Waals surface area (Å²) < 4.78 is 7.40. The summed E-state index contributed by atoms with van der Waals surface area (Å²) >= 11 is 3.33. The van der Waals surface area contributed by atoms with Crippen molar-refractivity contribution in [2.24, 2.45) is 0 Å². The first kappa shape index (κ1) is 33.0. The topological polar surface area (TPSA) is 117 Å². The fraction of sp³-hybridized carbons (Fsp3) is 0.545. The summed E-state index contributed by atoms with van der Waals surface area (Å²) in [6.45, 7) is 12.0. The van der Waals surface area contributed by atoms with Crippen LogP contribution in [0.5, 0.6) is 0 Å². The summed E-state index contributed by atoms with van der Waals surface area (Å²) in [6.07, 6.45) is 9.95. The van der Waals surface area contributed by atoms with Crippen molar-refractivity contribution in [2.75, 3.05) is 31.5 Å². The number of unbranched alkanes of at least 4 members (excludes halogenated alkanes) is 1. The molecule has 0 fully saturated rings. The molecular weight excluding hydrogens is 609 g/mol. The Hall–Kier alpha value is -3.35. The second-order valence-electron chi connectivity index (χ2n) is 12.6. The van der Waals surface area contributed by atoms with Crippen molar-refractivity contribution in [3.05, 3.63) is 56.5 Å². The Morgan fingerprint density at radius 1 is 0.911 bits per heavy atom. The van der Waals surface area contributed by atoms with Crippen molar-refractivity contribution in [3.63, 3.8) is 0 Å². The van der Waals surface area contributed by atoms with Gasteiger partial charge in [-0.05, 0) is 95.5 Å². The number of carbonyl (C=O) groups excluding carboxylic acids is 3. The maximum Gasteiger partial charge on any atom is 0.407 e. The molecule has 1 aliphatic carbocycles. The molecule has 0 bridgehead atoms. The van der Waals surface area contributed by atoms with E-state index in [1.807, 2.05) is 32.9 Å². The maximum atomic E-state index is 13.4. The van der Waals surface area contributed by atoms with E-state index in [-0.39, 0.29) is 11.9 Å². The number of urea groups is 1. The number of hydrogen-bond donors (Lipinski definition) is 4. The highest BCUT2D eigenvalue weighted by Gasteiger charge is 2.28. The van der Waals surface area contributed by atoms with Crippen molar-refractivity contribution < 1.29 is 19.1 Å². The quantitative estimate of drug-likeness (QED) is 0.184. The van der Waals surface area contributed by atoms with Crippen LogP contribution in [0.3, 0.4) is 0 Å². The van der Waals surface area contributed by atoms with Gasteiger partial charge in [0.25, 0.3) is 5.91 Å². The Labute approximate surface area is 273 Å². The second-order valence-corrected chi connectivity index (χ2v) is 14.8. The van der Waals surface area contributed by atoms with Crippen molar-refractivity contribution >= 4 is 45.7 Å². The zero-order chi connectivity index (χ0) is 32.0. The number of hydrogen-bond acceptors (Lipinski definition) is 7. The number of nitrogens with one attached hydrogen (secondary N) is 4. The van der Waals surface area contributed by atoms with Crippen LogP contribution < -0.4 is 21.3 Å². The highest BCUT2D eigenvalue weighted by Crippen LogP contribution is 2.39. The molecule has 0 saturated carbocycles. The number of aromatic nitrogens is 1. The Kier molecular flexibility index (Phi) is 10.9. The Morgan fingerprint density at radius 3 is 2.38 bits per heavy atom.